The Morgan fingerprint density at radius 2 is 1.90 bits per heavy atom. The number of rotatable bonds is 5. The van der Waals surface area contributed by atoms with E-state index in [-0.39, 0.29) is 11.8 Å². The smallest absolute Gasteiger partial charge is 0.289 e. The molecule has 2 amide bonds. The van der Waals surface area contributed by atoms with E-state index in [4.69, 9.17) is 9.15 Å². The number of anilines is 2. The number of nitrogens with zero attached hydrogens (tertiary/aromatic N) is 3. The Labute approximate surface area is 174 Å². The maximum atomic E-state index is 12.4. The molecule has 1 N–H and O–H groups in total. The minimum Gasteiger partial charge on any atom is -0.497 e. The third-order valence-corrected chi connectivity index (χ3v) is 4.96. The summed E-state index contributed by atoms with van der Waals surface area (Å²) in [6.07, 6.45) is 3.13. The van der Waals surface area contributed by atoms with Crippen molar-refractivity contribution in [3.05, 3.63) is 72.3 Å². The number of benzene rings is 1. The van der Waals surface area contributed by atoms with Crippen molar-refractivity contribution >= 4 is 23.3 Å². The minimum absolute atomic E-state index is 0.0942. The number of pyridine rings is 1. The molecular weight excluding hydrogens is 384 g/mol. The van der Waals surface area contributed by atoms with Gasteiger partial charge in [-0.2, -0.15) is 0 Å². The second-order valence-electron chi connectivity index (χ2n) is 6.85. The monoisotopic (exact) mass is 406 g/mol. The highest BCUT2D eigenvalue weighted by molar-refractivity contribution is 6.04. The van der Waals surface area contributed by atoms with E-state index in [1.54, 1.807) is 54.6 Å². The fraction of sp³-hybridized carbons (Fsp3) is 0.227. The highest BCUT2D eigenvalue weighted by Gasteiger charge is 2.24. The van der Waals surface area contributed by atoms with Crippen LogP contribution in [0.1, 0.15) is 20.9 Å². The molecule has 1 aliphatic rings. The van der Waals surface area contributed by atoms with Gasteiger partial charge in [-0.05, 0) is 42.5 Å². The summed E-state index contributed by atoms with van der Waals surface area (Å²) in [5.41, 5.74) is 1.12. The van der Waals surface area contributed by atoms with Gasteiger partial charge in [-0.25, -0.2) is 4.98 Å². The Bertz CT molecular complexity index is 1010. The van der Waals surface area contributed by atoms with E-state index >= 15 is 0 Å². The van der Waals surface area contributed by atoms with Gasteiger partial charge < -0.3 is 24.3 Å². The van der Waals surface area contributed by atoms with E-state index in [1.807, 2.05) is 12.1 Å². The topological polar surface area (TPSA) is 87.9 Å². The minimum atomic E-state index is -0.228. The molecule has 0 radical (unpaired) electrons. The molecule has 0 atom stereocenters. The van der Waals surface area contributed by atoms with Crippen LogP contribution in [0.25, 0.3) is 0 Å². The Morgan fingerprint density at radius 1 is 1.07 bits per heavy atom. The van der Waals surface area contributed by atoms with Crippen LogP contribution in [0.4, 0.5) is 11.5 Å². The van der Waals surface area contributed by atoms with Gasteiger partial charge in [0.2, 0.25) is 0 Å². The molecule has 1 aliphatic heterocycles. The Kier molecular flexibility index (Phi) is 5.65. The second kappa shape index (κ2) is 8.69. The molecule has 0 unspecified atom stereocenters. The van der Waals surface area contributed by atoms with Gasteiger partial charge in [0.1, 0.15) is 11.6 Å². The normalized spacial score (nSPS) is 13.8. The van der Waals surface area contributed by atoms with Gasteiger partial charge in [0.25, 0.3) is 11.8 Å². The molecule has 8 heteroatoms. The van der Waals surface area contributed by atoms with E-state index in [1.165, 1.54) is 6.26 Å². The SMILES string of the molecule is COc1cccc(C(=O)Nc2ccc(N3CCN(C(=O)c4ccco4)CC3)nc2)c1. The Hall–Kier alpha value is -3.81. The molecule has 0 bridgehead atoms. The molecule has 0 saturated carbocycles. The van der Waals surface area contributed by atoms with Crippen LogP contribution in [0.3, 0.4) is 0 Å². The molecule has 1 fully saturated rings. The third-order valence-electron chi connectivity index (χ3n) is 4.96. The summed E-state index contributed by atoms with van der Waals surface area (Å²) in [5, 5.41) is 2.84. The zero-order chi connectivity index (χ0) is 20.9. The fourth-order valence-electron chi connectivity index (χ4n) is 3.31. The van der Waals surface area contributed by atoms with E-state index in [0.717, 1.165) is 5.82 Å². The van der Waals surface area contributed by atoms with Gasteiger partial charge in [-0.15, -0.1) is 0 Å². The third kappa shape index (κ3) is 4.27. The number of furan rings is 1. The molecule has 0 aliphatic carbocycles. The van der Waals surface area contributed by atoms with Crippen molar-refractivity contribution in [2.45, 2.75) is 0 Å². The molecule has 2 aromatic heterocycles. The van der Waals surface area contributed by atoms with Gasteiger partial charge >= 0.3 is 0 Å². The molecule has 1 saturated heterocycles. The van der Waals surface area contributed by atoms with Crippen molar-refractivity contribution in [3.63, 3.8) is 0 Å². The number of amides is 2. The van der Waals surface area contributed by atoms with Crippen molar-refractivity contribution in [2.75, 3.05) is 43.5 Å². The van der Waals surface area contributed by atoms with Crippen LogP contribution in [0.2, 0.25) is 0 Å². The number of aromatic nitrogens is 1. The number of carbonyl (C=O) groups excluding carboxylic acids is 2. The van der Waals surface area contributed by atoms with Gasteiger partial charge in [0.05, 0.1) is 25.3 Å². The quantitative estimate of drug-likeness (QED) is 0.701. The number of nitrogens with one attached hydrogen (secondary N) is 1. The summed E-state index contributed by atoms with van der Waals surface area (Å²) in [6.45, 7) is 2.54. The highest BCUT2D eigenvalue weighted by Crippen LogP contribution is 2.19. The Balaban J connectivity index is 1.34. The number of piperazine rings is 1. The first-order valence-corrected chi connectivity index (χ1v) is 9.63. The zero-order valence-corrected chi connectivity index (χ0v) is 16.6. The van der Waals surface area contributed by atoms with Gasteiger partial charge in [0, 0.05) is 31.7 Å². The molecule has 3 aromatic rings. The number of hydrogen-bond donors (Lipinski definition) is 1. The molecule has 1 aromatic carbocycles. The van der Waals surface area contributed by atoms with Crippen molar-refractivity contribution in [1.82, 2.24) is 9.88 Å². The first kappa shape index (κ1) is 19.5. The van der Waals surface area contributed by atoms with E-state index in [2.05, 4.69) is 15.2 Å². The van der Waals surface area contributed by atoms with Gasteiger partial charge in [-0.3, -0.25) is 9.59 Å². The Morgan fingerprint density at radius 3 is 2.57 bits per heavy atom. The lowest BCUT2D eigenvalue weighted by Gasteiger charge is -2.35. The van der Waals surface area contributed by atoms with Crippen LogP contribution in [-0.4, -0.2) is 55.0 Å². The maximum absolute atomic E-state index is 12.4. The first-order valence-electron chi connectivity index (χ1n) is 9.63. The standard InChI is InChI=1S/C22H22N4O4/c1-29-18-5-2-4-16(14-18)21(27)24-17-7-8-20(23-15-17)25-9-11-26(12-10-25)22(28)19-6-3-13-30-19/h2-8,13-15H,9-12H2,1H3,(H,24,27). The van der Waals surface area contributed by atoms with Crippen LogP contribution in [-0.2, 0) is 0 Å². The maximum Gasteiger partial charge on any atom is 0.289 e. The molecule has 8 nitrogen and oxygen atoms in total. The lowest BCUT2D eigenvalue weighted by molar-refractivity contribution is 0.0714. The molecule has 3 heterocycles. The molecule has 154 valence electrons. The predicted molar refractivity (Wildman–Crippen MR) is 112 cm³/mol. The van der Waals surface area contributed by atoms with E-state index in [9.17, 15) is 9.59 Å². The summed E-state index contributed by atoms with van der Waals surface area (Å²) in [6, 6.07) is 14.0. The molecule has 4 rings (SSSR count). The van der Waals surface area contributed by atoms with Gasteiger partial charge in [0.15, 0.2) is 5.76 Å². The largest absolute Gasteiger partial charge is 0.497 e. The zero-order valence-electron chi connectivity index (χ0n) is 16.6. The highest BCUT2D eigenvalue weighted by atomic mass is 16.5. The fourth-order valence-corrected chi connectivity index (χ4v) is 3.31. The van der Waals surface area contributed by atoms with Crippen molar-refractivity contribution in [1.29, 1.82) is 0 Å². The van der Waals surface area contributed by atoms with Crippen molar-refractivity contribution in [3.8, 4) is 5.75 Å². The molecular formula is C22H22N4O4. The second-order valence-corrected chi connectivity index (χ2v) is 6.85. The number of ether oxygens (including phenoxy) is 1. The first-order chi connectivity index (χ1) is 14.6. The number of methoxy groups -OCH3 is 1. The lowest BCUT2D eigenvalue weighted by Crippen LogP contribution is -2.49. The summed E-state index contributed by atoms with van der Waals surface area (Å²) in [5.74, 6) is 1.47. The van der Waals surface area contributed by atoms with E-state index < -0.39 is 0 Å². The lowest BCUT2D eigenvalue weighted by atomic mass is 10.2. The summed E-state index contributed by atoms with van der Waals surface area (Å²) in [4.78, 5) is 33.1. The number of hydrogen-bond acceptors (Lipinski definition) is 6. The summed E-state index contributed by atoms with van der Waals surface area (Å²) < 4.78 is 10.3. The predicted octanol–water partition coefficient (Wildman–Crippen LogP) is 2.90. The average Bonchev–Trinajstić information content (AvgIpc) is 3.34. The summed E-state index contributed by atoms with van der Waals surface area (Å²) >= 11 is 0. The number of carbonyl (C=O) groups is 2. The molecule has 30 heavy (non-hydrogen) atoms. The average molecular weight is 406 g/mol. The van der Waals surface area contributed by atoms with Crippen molar-refractivity contribution < 1.29 is 18.7 Å². The van der Waals surface area contributed by atoms with E-state index in [0.29, 0.717) is 48.9 Å². The van der Waals surface area contributed by atoms with Gasteiger partial charge in [-0.1, -0.05) is 6.07 Å². The van der Waals surface area contributed by atoms with Crippen LogP contribution in [0.15, 0.2) is 65.4 Å². The van der Waals surface area contributed by atoms with Crippen LogP contribution in [0, 0.1) is 0 Å². The van der Waals surface area contributed by atoms with Crippen molar-refractivity contribution in [2.24, 2.45) is 0 Å². The van der Waals surface area contributed by atoms with Crippen LogP contribution in [0.5, 0.6) is 5.75 Å². The molecule has 0 spiro atoms. The van der Waals surface area contributed by atoms with Crippen LogP contribution >= 0.6 is 0 Å². The summed E-state index contributed by atoms with van der Waals surface area (Å²) in [7, 11) is 1.56. The van der Waals surface area contributed by atoms with Crippen LogP contribution < -0.4 is 15.0 Å².